The lowest BCUT2D eigenvalue weighted by Crippen LogP contribution is -2.23. The molecule has 0 aliphatic carbocycles. The third kappa shape index (κ3) is 1.88. The molecule has 1 rings (SSSR count). The van der Waals surface area contributed by atoms with Gasteiger partial charge in [0, 0.05) is 0 Å². The fraction of sp³-hybridized carbons (Fsp3) is 0.625. The summed E-state index contributed by atoms with van der Waals surface area (Å²) in [5.74, 6) is -0.0478. The predicted molar refractivity (Wildman–Crippen MR) is 40.2 cm³/mol. The van der Waals surface area contributed by atoms with Crippen LogP contribution in [0.4, 0.5) is 0 Å². The van der Waals surface area contributed by atoms with E-state index >= 15 is 0 Å². The molecule has 1 aliphatic heterocycles. The Morgan fingerprint density at radius 2 is 2.36 bits per heavy atom. The van der Waals surface area contributed by atoms with E-state index in [4.69, 9.17) is 4.74 Å². The lowest BCUT2D eigenvalue weighted by Gasteiger charge is -2.12. The van der Waals surface area contributed by atoms with Crippen molar-refractivity contribution in [2.24, 2.45) is 0 Å². The minimum atomic E-state index is -0.651. The van der Waals surface area contributed by atoms with E-state index in [-0.39, 0.29) is 18.5 Å². The van der Waals surface area contributed by atoms with Gasteiger partial charge in [-0.25, -0.2) is 0 Å². The van der Waals surface area contributed by atoms with E-state index in [9.17, 15) is 9.90 Å². The van der Waals surface area contributed by atoms with E-state index in [1.165, 1.54) is 0 Å². The molecule has 0 amide bonds. The van der Waals surface area contributed by atoms with Gasteiger partial charge in [0.15, 0.2) is 5.78 Å². The Morgan fingerprint density at radius 1 is 1.73 bits per heavy atom. The highest BCUT2D eigenvalue weighted by atomic mass is 16.5. The van der Waals surface area contributed by atoms with Crippen LogP contribution in [0.5, 0.6) is 0 Å². The molecular formula is C8H12O3. The van der Waals surface area contributed by atoms with Gasteiger partial charge in [-0.3, -0.25) is 4.79 Å². The van der Waals surface area contributed by atoms with Crippen molar-refractivity contribution < 1.29 is 14.6 Å². The van der Waals surface area contributed by atoms with Gasteiger partial charge in [-0.15, -0.1) is 0 Å². The number of aliphatic hydroxyl groups is 1. The summed E-state index contributed by atoms with van der Waals surface area (Å²) in [6.45, 7) is 3.51. The van der Waals surface area contributed by atoms with E-state index in [2.05, 4.69) is 0 Å². The van der Waals surface area contributed by atoms with E-state index in [0.29, 0.717) is 5.57 Å². The molecule has 0 bridgehead atoms. The molecule has 62 valence electrons. The number of Topliss-reactive ketones (excluding diaryl/α,β-unsaturated/α-hetero) is 1. The standard InChI is InChI=1S/C8H12O3/c1-5-3-7(9)6(2)11-4-8(5)10/h3,6-7,9H,4H2,1-2H3. The molecule has 11 heavy (non-hydrogen) atoms. The molecule has 1 heterocycles. The minimum absolute atomic E-state index is 0.0478. The van der Waals surface area contributed by atoms with Crippen molar-refractivity contribution in [1.29, 1.82) is 0 Å². The van der Waals surface area contributed by atoms with Crippen LogP contribution in [0.3, 0.4) is 0 Å². The highest BCUT2D eigenvalue weighted by Crippen LogP contribution is 2.10. The number of carbonyl (C=O) groups excluding carboxylic acids is 1. The first kappa shape index (κ1) is 8.43. The quantitative estimate of drug-likeness (QED) is 0.548. The highest BCUT2D eigenvalue weighted by molar-refractivity contribution is 5.96. The second-order valence-corrected chi connectivity index (χ2v) is 2.78. The Morgan fingerprint density at radius 3 is 3.00 bits per heavy atom. The average molecular weight is 156 g/mol. The molecule has 0 fully saturated rings. The monoisotopic (exact) mass is 156 g/mol. The number of hydrogen-bond donors (Lipinski definition) is 1. The van der Waals surface area contributed by atoms with Gasteiger partial charge in [-0.2, -0.15) is 0 Å². The van der Waals surface area contributed by atoms with Gasteiger partial charge in [-0.1, -0.05) is 0 Å². The lowest BCUT2D eigenvalue weighted by molar-refractivity contribution is -0.121. The second-order valence-electron chi connectivity index (χ2n) is 2.78. The van der Waals surface area contributed by atoms with Gasteiger partial charge in [0.25, 0.3) is 0 Å². The maximum atomic E-state index is 11.0. The van der Waals surface area contributed by atoms with Crippen molar-refractivity contribution in [3.8, 4) is 0 Å². The summed E-state index contributed by atoms with van der Waals surface area (Å²) in [5, 5.41) is 9.29. The number of aliphatic hydroxyl groups excluding tert-OH is 1. The Labute approximate surface area is 65.7 Å². The van der Waals surface area contributed by atoms with Crippen LogP contribution in [0.15, 0.2) is 11.6 Å². The Balaban J connectivity index is 2.77. The molecule has 0 aromatic carbocycles. The molecule has 1 aliphatic rings. The van der Waals surface area contributed by atoms with Crippen LogP contribution < -0.4 is 0 Å². The number of ketones is 1. The average Bonchev–Trinajstić information content (AvgIpc) is 2.05. The van der Waals surface area contributed by atoms with E-state index in [0.717, 1.165) is 0 Å². The first-order chi connectivity index (χ1) is 5.11. The molecule has 0 spiro atoms. The molecule has 2 atom stereocenters. The summed E-state index contributed by atoms with van der Waals surface area (Å²) >= 11 is 0. The SMILES string of the molecule is CC1=CC(O)C(C)OCC1=O. The summed E-state index contributed by atoms with van der Waals surface area (Å²) in [5.41, 5.74) is 0.585. The zero-order chi connectivity index (χ0) is 8.43. The van der Waals surface area contributed by atoms with Gasteiger partial charge in [0.1, 0.15) is 6.61 Å². The van der Waals surface area contributed by atoms with Crippen molar-refractivity contribution in [1.82, 2.24) is 0 Å². The Bertz CT molecular complexity index is 196. The molecule has 0 aromatic rings. The summed E-state index contributed by atoms with van der Waals surface area (Å²) in [6.07, 6.45) is 0.609. The van der Waals surface area contributed by atoms with Crippen molar-refractivity contribution in [2.45, 2.75) is 26.1 Å². The van der Waals surface area contributed by atoms with Crippen LogP contribution in [-0.2, 0) is 9.53 Å². The fourth-order valence-electron chi connectivity index (χ4n) is 0.904. The number of ether oxygens (including phenoxy) is 1. The molecule has 3 heteroatoms. The predicted octanol–water partition coefficient (Wildman–Crippen LogP) is 0.281. The number of rotatable bonds is 0. The summed E-state index contributed by atoms with van der Waals surface area (Å²) in [6, 6.07) is 0. The largest absolute Gasteiger partial charge is 0.386 e. The molecule has 0 saturated carbocycles. The molecule has 1 N–H and O–H groups in total. The zero-order valence-electron chi connectivity index (χ0n) is 6.70. The van der Waals surface area contributed by atoms with Crippen LogP contribution in [0.2, 0.25) is 0 Å². The van der Waals surface area contributed by atoms with Gasteiger partial charge in [0.05, 0.1) is 12.2 Å². The molecule has 0 radical (unpaired) electrons. The number of hydrogen-bond acceptors (Lipinski definition) is 3. The third-order valence-electron chi connectivity index (χ3n) is 1.82. The smallest absolute Gasteiger partial charge is 0.183 e. The van der Waals surface area contributed by atoms with E-state index in [1.54, 1.807) is 19.9 Å². The number of carbonyl (C=O) groups is 1. The summed E-state index contributed by atoms with van der Waals surface area (Å²) < 4.78 is 5.05. The van der Waals surface area contributed by atoms with Crippen LogP contribution in [0, 0.1) is 0 Å². The first-order valence-electron chi connectivity index (χ1n) is 3.62. The molecule has 3 nitrogen and oxygen atoms in total. The molecule has 0 aromatic heterocycles. The van der Waals surface area contributed by atoms with Crippen molar-refractivity contribution in [3.63, 3.8) is 0 Å². The van der Waals surface area contributed by atoms with Crippen LogP contribution in [0.25, 0.3) is 0 Å². The maximum Gasteiger partial charge on any atom is 0.183 e. The summed E-state index contributed by atoms with van der Waals surface area (Å²) in [7, 11) is 0. The molecular weight excluding hydrogens is 144 g/mol. The molecule has 2 unspecified atom stereocenters. The van der Waals surface area contributed by atoms with E-state index in [1.807, 2.05) is 0 Å². The van der Waals surface area contributed by atoms with E-state index < -0.39 is 6.10 Å². The van der Waals surface area contributed by atoms with Crippen molar-refractivity contribution >= 4 is 5.78 Å². The van der Waals surface area contributed by atoms with Crippen molar-refractivity contribution in [3.05, 3.63) is 11.6 Å². The third-order valence-corrected chi connectivity index (χ3v) is 1.82. The van der Waals surface area contributed by atoms with Crippen LogP contribution in [0.1, 0.15) is 13.8 Å². The topological polar surface area (TPSA) is 46.5 Å². The second kappa shape index (κ2) is 3.15. The molecule has 0 saturated heterocycles. The van der Waals surface area contributed by atoms with Crippen LogP contribution >= 0.6 is 0 Å². The Kier molecular flexibility index (Phi) is 2.42. The first-order valence-corrected chi connectivity index (χ1v) is 3.62. The van der Waals surface area contributed by atoms with Gasteiger partial charge < -0.3 is 9.84 Å². The minimum Gasteiger partial charge on any atom is -0.386 e. The van der Waals surface area contributed by atoms with Gasteiger partial charge >= 0.3 is 0 Å². The summed E-state index contributed by atoms with van der Waals surface area (Å²) in [4.78, 5) is 11.0. The lowest BCUT2D eigenvalue weighted by atomic mass is 10.1. The van der Waals surface area contributed by atoms with Gasteiger partial charge in [0.2, 0.25) is 0 Å². The zero-order valence-corrected chi connectivity index (χ0v) is 6.70. The van der Waals surface area contributed by atoms with Crippen LogP contribution in [-0.4, -0.2) is 29.7 Å². The van der Waals surface area contributed by atoms with Crippen molar-refractivity contribution in [2.75, 3.05) is 6.61 Å². The normalized spacial score (nSPS) is 33.0. The highest BCUT2D eigenvalue weighted by Gasteiger charge is 2.19. The maximum absolute atomic E-state index is 11.0. The fourth-order valence-corrected chi connectivity index (χ4v) is 0.904. The Hall–Kier alpha value is -0.670. The van der Waals surface area contributed by atoms with Gasteiger partial charge in [-0.05, 0) is 25.5 Å².